The van der Waals surface area contributed by atoms with Crippen molar-refractivity contribution in [3.05, 3.63) is 66.2 Å². The minimum absolute atomic E-state index is 0.148. The first kappa shape index (κ1) is 17.2. The molecule has 25 heavy (non-hydrogen) atoms. The Hall–Kier alpha value is -2.68. The maximum Gasteiger partial charge on any atom is 0.143 e. The van der Waals surface area contributed by atoms with E-state index in [2.05, 4.69) is 29.3 Å². The molecule has 128 valence electrons. The van der Waals surface area contributed by atoms with Crippen LogP contribution >= 0.6 is 0 Å². The van der Waals surface area contributed by atoms with Gasteiger partial charge in [-0.2, -0.15) is 5.11 Å². The van der Waals surface area contributed by atoms with Crippen molar-refractivity contribution in [3.63, 3.8) is 0 Å². The van der Waals surface area contributed by atoms with Gasteiger partial charge in [0.05, 0.1) is 5.69 Å². The number of fused-ring (bicyclic) bond motifs is 1. The van der Waals surface area contributed by atoms with E-state index in [0.717, 1.165) is 22.9 Å². The van der Waals surface area contributed by atoms with E-state index in [0.29, 0.717) is 5.69 Å². The topological polar surface area (TPSA) is 45.0 Å². The molecule has 3 heteroatoms. The molecule has 3 aromatic carbocycles. The molecule has 0 aliphatic heterocycles. The molecule has 0 aliphatic rings. The Bertz CT molecular complexity index is 854. The Kier molecular flexibility index (Phi) is 5.78. The number of phenols is 1. The summed E-state index contributed by atoms with van der Waals surface area (Å²) < 4.78 is 0. The van der Waals surface area contributed by atoms with Crippen LogP contribution in [-0.2, 0) is 6.42 Å². The highest BCUT2D eigenvalue weighted by molar-refractivity contribution is 5.95. The van der Waals surface area contributed by atoms with Crippen LogP contribution in [0.1, 0.15) is 38.2 Å². The average Bonchev–Trinajstić information content (AvgIpc) is 2.65. The largest absolute Gasteiger partial charge is 0.506 e. The zero-order valence-electron chi connectivity index (χ0n) is 14.7. The van der Waals surface area contributed by atoms with Gasteiger partial charge in [0.15, 0.2) is 0 Å². The lowest BCUT2D eigenvalue weighted by Crippen LogP contribution is -1.84. The van der Waals surface area contributed by atoms with Gasteiger partial charge in [0, 0.05) is 5.39 Å². The van der Waals surface area contributed by atoms with E-state index in [1.54, 1.807) is 6.07 Å². The van der Waals surface area contributed by atoms with Gasteiger partial charge in [-0.3, -0.25) is 0 Å². The standard InChI is InChI=1S/C22H24N2O/c1-2-3-4-5-8-17-11-14-19(15-12-17)23-24-22-20-10-7-6-9-18(20)13-16-21(22)25/h6-7,9-16,25H,2-5,8H2,1H3. The van der Waals surface area contributed by atoms with Crippen molar-refractivity contribution < 1.29 is 5.11 Å². The second-order valence-electron chi connectivity index (χ2n) is 6.33. The molecule has 0 saturated heterocycles. The summed E-state index contributed by atoms with van der Waals surface area (Å²) in [6, 6.07) is 19.6. The highest BCUT2D eigenvalue weighted by Gasteiger charge is 2.05. The van der Waals surface area contributed by atoms with E-state index in [9.17, 15) is 5.11 Å². The molecular weight excluding hydrogens is 308 g/mol. The van der Waals surface area contributed by atoms with Gasteiger partial charge in [0.25, 0.3) is 0 Å². The summed E-state index contributed by atoms with van der Waals surface area (Å²) in [7, 11) is 0. The molecule has 0 spiro atoms. The molecule has 0 amide bonds. The molecule has 0 unspecified atom stereocenters. The van der Waals surface area contributed by atoms with Gasteiger partial charge in [-0.05, 0) is 42.0 Å². The summed E-state index contributed by atoms with van der Waals surface area (Å²) in [6.45, 7) is 2.23. The number of hydrogen-bond donors (Lipinski definition) is 1. The van der Waals surface area contributed by atoms with Crippen molar-refractivity contribution in [1.29, 1.82) is 0 Å². The number of aromatic hydroxyl groups is 1. The van der Waals surface area contributed by atoms with E-state index in [4.69, 9.17) is 0 Å². The summed E-state index contributed by atoms with van der Waals surface area (Å²) in [5.74, 6) is 0.148. The SMILES string of the molecule is CCCCCCc1ccc(N=Nc2c(O)ccc3ccccc23)cc1. The molecule has 1 N–H and O–H groups in total. The van der Waals surface area contributed by atoms with Gasteiger partial charge in [0.1, 0.15) is 11.4 Å². The fourth-order valence-electron chi connectivity index (χ4n) is 2.94. The molecule has 0 heterocycles. The number of rotatable bonds is 7. The van der Waals surface area contributed by atoms with Gasteiger partial charge in [-0.25, -0.2) is 0 Å². The van der Waals surface area contributed by atoms with Crippen molar-refractivity contribution in [2.75, 3.05) is 0 Å². The third-order valence-electron chi connectivity index (χ3n) is 4.40. The quantitative estimate of drug-likeness (QED) is 0.364. The van der Waals surface area contributed by atoms with E-state index in [-0.39, 0.29) is 5.75 Å². The summed E-state index contributed by atoms with van der Waals surface area (Å²) in [5.41, 5.74) is 2.65. The molecule has 3 rings (SSSR count). The Morgan fingerprint density at radius 1 is 0.800 bits per heavy atom. The lowest BCUT2D eigenvalue weighted by atomic mass is 10.1. The Morgan fingerprint density at radius 3 is 2.40 bits per heavy atom. The number of aryl methyl sites for hydroxylation is 1. The van der Waals surface area contributed by atoms with Crippen LogP contribution in [0.25, 0.3) is 10.8 Å². The minimum Gasteiger partial charge on any atom is -0.506 e. The molecule has 0 aliphatic carbocycles. The van der Waals surface area contributed by atoms with E-state index in [1.807, 2.05) is 42.5 Å². The first-order valence-corrected chi connectivity index (χ1v) is 8.99. The van der Waals surface area contributed by atoms with Crippen molar-refractivity contribution in [1.82, 2.24) is 0 Å². The minimum atomic E-state index is 0.148. The van der Waals surface area contributed by atoms with Gasteiger partial charge in [-0.1, -0.05) is 68.7 Å². The van der Waals surface area contributed by atoms with Gasteiger partial charge >= 0.3 is 0 Å². The molecule has 3 nitrogen and oxygen atoms in total. The lowest BCUT2D eigenvalue weighted by molar-refractivity contribution is 0.477. The molecule has 0 fully saturated rings. The van der Waals surface area contributed by atoms with Gasteiger partial charge in [0.2, 0.25) is 0 Å². The summed E-state index contributed by atoms with van der Waals surface area (Å²) >= 11 is 0. The van der Waals surface area contributed by atoms with Gasteiger partial charge in [-0.15, -0.1) is 5.11 Å². The van der Waals surface area contributed by atoms with Crippen LogP contribution in [0.2, 0.25) is 0 Å². The van der Waals surface area contributed by atoms with Crippen LogP contribution < -0.4 is 0 Å². The third-order valence-corrected chi connectivity index (χ3v) is 4.40. The fourth-order valence-corrected chi connectivity index (χ4v) is 2.94. The number of phenolic OH excluding ortho intramolecular Hbond substituents is 1. The number of azo groups is 1. The number of hydrogen-bond acceptors (Lipinski definition) is 3. The summed E-state index contributed by atoms with van der Waals surface area (Å²) in [6.07, 6.45) is 6.21. The van der Waals surface area contributed by atoms with Crippen LogP contribution in [0, 0.1) is 0 Å². The number of unbranched alkanes of at least 4 members (excludes halogenated alkanes) is 3. The monoisotopic (exact) mass is 332 g/mol. The zero-order chi connectivity index (χ0) is 17.5. The Balaban J connectivity index is 1.73. The van der Waals surface area contributed by atoms with E-state index in [1.165, 1.54) is 31.2 Å². The smallest absolute Gasteiger partial charge is 0.143 e. The molecule has 0 atom stereocenters. The highest BCUT2D eigenvalue weighted by atomic mass is 16.3. The van der Waals surface area contributed by atoms with Crippen LogP contribution in [0.5, 0.6) is 5.75 Å². The predicted octanol–water partition coefficient (Wildman–Crippen LogP) is 7.08. The maximum absolute atomic E-state index is 10.1. The predicted molar refractivity (Wildman–Crippen MR) is 104 cm³/mol. The highest BCUT2D eigenvalue weighted by Crippen LogP contribution is 2.35. The van der Waals surface area contributed by atoms with Gasteiger partial charge < -0.3 is 5.11 Å². The van der Waals surface area contributed by atoms with Crippen LogP contribution in [-0.4, -0.2) is 5.11 Å². The molecule has 0 aromatic heterocycles. The first-order chi connectivity index (χ1) is 12.3. The average molecular weight is 332 g/mol. The molecule has 0 saturated carbocycles. The fraction of sp³-hybridized carbons (Fsp3) is 0.273. The summed E-state index contributed by atoms with van der Waals surface area (Å²) in [5, 5.41) is 20.7. The summed E-state index contributed by atoms with van der Waals surface area (Å²) in [4.78, 5) is 0. The molecule has 0 bridgehead atoms. The normalized spacial score (nSPS) is 11.4. The molecular formula is C22H24N2O. The maximum atomic E-state index is 10.1. The van der Waals surface area contributed by atoms with Crippen LogP contribution in [0.15, 0.2) is 70.9 Å². The second kappa shape index (κ2) is 8.43. The number of nitrogens with zero attached hydrogens (tertiary/aromatic N) is 2. The second-order valence-corrected chi connectivity index (χ2v) is 6.33. The van der Waals surface area contributed by atoms with Crippen LogP contribution in [0.3, 0.4) is 0 Å². The number of benzene rings is 3. The van der Waals surface area contributed by atoms with Crippen molar-refractivity contribution in [3.8, 4) is 5.75 Å². The van der Waals surface area contributed by atoms with E-state index < -0.39 is 0 Å². The van der Waals surface area contributed by atoms with Crippen molar-refractivity contribution in [2.45, 2.75) is 39.0 Å². The van der Waals surface area contributed by atoms with E-state index >= 15 is 0 Å². The first-order valence-electron chi connectivity index (χ1n) is 8.99. The van der Waals surface area contributed by atoms with Crippen LogP contribution in [0.4, 0.5) is 11.4 Å². The Morgan fingerprint density at radius 2 is 1.60 bits per heavy atom. The molecule has 0 radical (unpaired) electrons. The zero-order valence-corrected chi connectivity index (χ0v) is 14.7. The molecule has 3 aromatic rings. The van der Waals surface area contributed by atoms with Crippen molar-refractivity contribution >= 4 is 22.1 Å². The Labute approximate surface area is 149 Å². The van der Waals surface area contributed by atoms with Crippen molar-refractivity contribution in [2.24, 2.45) is 10.2 Å². The third kappa shape index (κ3) is 4.44. The lowest BCUT2D eigenvalue weighted by Gasteiger charge is -2.04.